The predicted molar refractivity (Wildman–Crippen MR) is 90.2 cm³/mol. The van der Waals surface area contributed by atoms with Crippen LogP contribution in [0.4, 0.5) is 0 Å². The van der Waals surface area contributed by atoms with Gasteiger partial charge >= 0.3 is 17.1 Å². The van der Waals surface area contributed by atoms with Crippen LogP contribution >= 0.6 is 0 Å². The Kier molecular flexibility index (Phi) is 7.61. The first-order valence-electron chi connectivity index (χ1n) is 6.80. The number of rotatable bonds is 2. The summed E-state index contributed by atoms with van der Waals surface area (Å²) in [5, 5.41) is 26.5. The molecule has 0 saturated carbocycles. The van der Waals surface area contributed by atoms with Gasteiger partial charge in [0.15, 0.2) is 0 Å². The molecule has 23 heavy (non-hydrogen) atoms. The van der Waals surface area contributed by atoms with Crippen molar-refractivity contribution in [3.05, 3.63) is 89.8 Å². The van der Waals surface area contributed by atoms with Crippen molar-refractivity contribution < 1.29 is 27.3 Å². The van der Waals surface area contributed by atoms with Gasteiger partial charge in [-0.25, -0.2) is 0 Å². The molecular weight excluding hydrogens is 338 g/mol. The summed E-state index contributed by atoms with van der Waals surface area (Å²) in [5.41, 5.74) is 2.73. The molecule has 0 aromatic heterocycles. The van der Waals surface area contributed by atoms with Gasteiger partial charge in [0.05, 0.1) is 0 Å². The summed E-state index contributed by atoms with van der Waals surface area (Å²) < 4.78 is 0. The van der Waals surface area contributed by atoms with Crippen LogP contribution < -0.4 is 0 Å². The van der Waals surface area contributed by atoms with Crippen molar-refractivity contribution in [2.24, 2.45) is 0 Å². The standard InChI is InChI=1S/C12H10O.C7H6NO.Cu/c13-12-8-6-11(7-9-12)10-4-2-1-3-5-10;8-5-6-3-1-2-4-7(6)9;/h1-9,13H;1-5,9H;/q;-1;+1. The molecule has 0 bridgehead atoms. The van der Waals surface area contributed by atoms with Crippen molar-refractivity contribution >= 4 is 6.21 Å². The smallest absolute Gasteiger partial charge is 0.810 e. The summed E-state index contributed by atoms with van der Waals surface area (Å²) in [6, 6.07) is 23.9. The number of benzene rings is 3. The van der Waals surface area contributed by atoms with Gasteiger partial charge in [-0.05, 0) is 34.9 Å². The average molecular weight is 354 g/mol. The number of para-hydroxylation sites is 1. The summed E-state index contributed by atoms with van der Waals surface area (Å²) >= 11 is 0. The van der Waals surface area contributed by atoms with Gasteiger partial charge in [-0.2, -0.15) is 6.21 Å². The fourth-order valence-electron chi connectivity index (χ4n) is 1.88. The Hall–Kier alpha value is -2.55. The number of nitrogens with zero attached hydrogens (tertiary/aromatic N) is 1. The van der Waals surface area contributed by atoms with Gasteiger partial charge in [0.25, 0.3) is 0 Å². The Morgan fingerprint density at radius 1 is 0.652 bits per heavy atom. The van der Waals surface area contributed by atoms with Crippen LogP contribution in [0.1, 0.15) is 5.56 Å². The Labute approximate surface area is 146 Å². The van der Waals surface area contributed by atoms with Crippen LogP contribution in [0, 0.1) is 0 Å². The van der Waals surface area contributed by atoms with Crippen LogP contribution in [0.15, 0.2) is 78.9 Å². The molecule has 4 heteroatoms. The molecule has 0 unspecified atom stereocenters. The number of hydrogen-bond acceptors (Lipinski definition) is 2. The second kappa shape index (κ2) is 9.46. The van der Waals surface area contributed by atoms with Gasteiger partial charge in [0.1, 0.15) is 11.5 Å². The first kappa shape index (κ1) is 18.5. The molecule has 0 fully saturated rings. The van der Waals surface area contributed by atoms with Crippen LogP contribution in [0.2, 0.25) is 0 Å². The Bertz CT molecular complexity index is 728. The number of hydrogen-bond donors (Lipinski definition) is 2. The quantitative estimate of drug-likeness (QED) is 0.528. The van der Waals surface area contributed by atoms with Gasteiger partial charge in [-0.1, -0.05) is 60.7 Å². The zero-order chi connectivity index (χ0) is 15.8. The largest absolute Gasteiger partial charge is 1.00 e. The number of phenols is 2. The van der Waals surface area contributed by atoms with E-state index in [2.05, 4.69) is 0 Å². The van der Waals surface area contributed by atoms with Crippen molar-refractivity contribution in [2.75, 3.05) is 0 Å². The molecular formula is C19H16CuNO2. The maximum absolute atomic E-state index is 9.10. The fraction of sp³-hybridized carbons (Fsp3) is 0. The van der Waals surface area contributed by atoms with Crippen LogP contribution in [-0.2, 0) is 17.1 Å². The maximum atomic E-state index is 9.10. The third kappa shape index (κ3) is 5.62. The molecule has 0 aliphatic heterocycles. The van der Waals surface area contributed by atoms with Crippen molar-refractivity contribution in [1.82, 2.24) is 0 Å². The molecule has 0 atom stereocenters. The summed E-state index contributed by atoms with van der Waals surface area (Å²) in [7, 11) is 0. The summed E-state index contributed by atoms with van der Waals surface area (Å²) in [6.45, 7) is 0. The molecule has 3 rings (SSSR count). The topological polar surface area (TPSA) is 62.8 Å². The Morgan fingerprint density at radius 3 is 1.70 bits per heavy atom. The summed E-state index contributed by atoms with van der Waals surface area (Å²) in [5.74, 6) is 0.402. The van der Waals surface area contributed by atoms with E-state index in [-0.39, 0.29) is 22.8 Å². The molecule has 2 N–H and O–H groups in total. The van der Waals surface area contributed by atoms with E-state index in [1.807, 2.05) is 42.5 Å². The molecule has 0 amide bonds. The molecule has 0 aliphatic carbocycles. The first-order valence-corrected chi connectivity index (χ1v) is 6.80. The minimum Gasteiger partial charge on any atom is -0.810 e. The van der Waals surface area contributed by atoms with E-state index in [0.29, 0.717) is 11.3 Å². The van der Waals surface area contributed by atoms with Crippen molar-refractivity contribution in [3.63, 3.8) is 0 Å². The van der Waals surface area contributed by atoms with Gasteiger partial charge < -0.3 is 15.6 Å². The van der Waals surface area contributed by atoms with E-state index < -0.39 is 0 Å². The fourth-order valence-corrected chi connectivity index (χ4v) is 1.88. The van der Waals surface area contributed by atoms with E-state index >= 15 is 0 Å². The molecule has 3 aromatic rings. The SMILES string of the molecule is Oc1ccc(-c2ccccc2)cc1.[Cu+].[N-]=Cc1ccccc1O. The minimum absolute atomic E-state index is 0. The zero-order valence-corrected chi connectivity index (χ0v) is 13.2. The zero-order valence-electron chi connectivity index (χ0n) is 12.2. The molecule has 0 aliphatic rings. The third-order valence-electron chi connectivity index (χ3n) is 3.05. The van der Waals surface area contributed by atoms with Crippen molar-refractivity contribution in [3.8, 4) is 22.6 Å². The van der Waals surface area contributed by atoms with Crippen molar-refractivity contribution in [1.29, 1.82) is 0 Å². The second-order valence-corrected chi connectivity index (χ2v) is 4.60. The normalized spacial score (nSPS) is 9.04. The summed E-state index contributed by atoms with van der Waals surface area (Å²) in [4.78, 5) is 0. The number of aromatic hydroxyl groups is 2. The van der Waals surface area contributed by atoms with E-state index in [1.165, 1.54) is 11.6 Å². The molecule has 0 heterocycles. The molecule has 3 nitrogen and oxygen atoms in total. The molecule has 3 aromatic carbocycles. The number of phenolic OH excluding ortho intramolecular Hbond substituents is 2. The van der Waals surface area contributed by atoms with Crippen LogP contribution in [0.5, 0.6) is 11.5 Å². The van der Waals surface area contributed by atoms with E-state index in [1.54, 1.807) is 30.3 Å². The third-order valence-corrected chi connectivity index (χ3v) is 3.05. The summed E-state index contributed by atoms with van der Waals surface area (Å²) in [6.07, 6.45) is 0.870. The van der Waals surface area contributed by atoms with E-state index in [9.17, 15) is 0 Å². The Balaban J connectivity index is 0.000000235. The minimum atomic E-state index is 0. The molecule has 0 saturated heterocycles. The van der Waals surface area contributed by atoms with Gasteiger partial charge in [-0.15, -0.1) is 0 Å². The van der Waals surface area contributed by atoms with Gasteiger partial charge in [-0.3, -0.25) is 0 Å². The van der Waals surface area contributed by atoms with Gasteiger partial charge in [0.2, 0.25) is 0 Å². The monoisotopic (exact) mass is 353 g/mol. The van der Waals surface area contributed by atoms with E-state index in [0.717, 1.165) is 11.8 Å². The maximum Gasteiger partial charge on any atom is 1.00 e. The van der Waals surface area contributed by atoms with Gasteiger partial charge in [0, 0.05) is 0 Å². The molecule has 0 radical (unpaired) electrons. The van der Waals surface area contributed by atoms with Crippen LogP contribution in [0.3, 0.4) is 0 Å². The second-order valence-electron chi connectivity index (χ2n) is 4.60. The Morgan fingerprint density at radius 2 is 1.17 bits per heavy atom. The van der Waals surface area contributed by atoms with E-state index in [4.69, 9.17) is 15.6 Å². The molecule has 0 spiro atoms. The van der Waals surface area contributed by atoms with Crippen LogP contribution in [-0.4, -0.2) is 16.4 Å². The molecule has 120 valence electrons. The first-order chi connectivity index (χ1) is 10.7. The van der Waals surface area contributed by atoms with Crippen LogP contribution in [0.25, 0.3) is 16.5 Å². The average Bonchev–Trinajstić information content (AvgIpc) is 2.57. The van der Waals surface area contributed by atoms with Crippen molar-refractivity contribution in [2.45, 2.75) is 0 Å². The predicted octanol–water partition coefficient (Wildman–Crippen LogP) is 4.44.